The molecule has 1 aromatic carbocycles. The molecule has 1 saturated carbocycles. The van der Waals surface area contributed by atoms with Crippen LogP contribution in [0.1, 0.15) is 31.2 Å². The number of hydrogen-bond donors (Lipinski definition) is 3. The normalized spacial score (nSPS) is 19.7. The molecule has 10 nitrogen and oxygen atoms in total. The number of nitrogen functional groups attached to an aromatic ring is 1. The molecule has 0 unspecified atom stereocenters. The fraction of sp³-hybridized carbons (Fsp3) is 0.368. The smallest absolute Gasteiger partial charge is 0.240 e. The maximum absolute atomic E-state index is 12.9. The van der Waals surface area contributed by atoms with E-state index in [0.29, 0.717) is 42.8 Å². The van der Waals surface area contributed by atoms with Crippen LogP contribution in [0.2, 0.25) is 0 Å². The van der Waals surface area contributed by atoms with Crippen molar-refractivity contribution in [2.45, 2.75) is 49.6 Å². The van der Waals surface area contributed by atoms with Gasteiger partial charge in [0.2, 0.25) is 10.0 Å². The predicted octanol–water partition coefficient (Wildman–Crippen LogP) is 1.20. The summed E-state index contributed by atoms with van der Waals surface area (Å²) in [6.07, 6.45) is 6.40. The maximum Gasteiger partial charge on any atom is 0.240 e. The standard InChI is InChI=1S/C19H23N7O3S/c1-12-2-7-15(30(28,29)25-13-3-5-14(27)6-4-13)8-16(12)17-9-22-18(20)19(24-17)26-11-21-10-23-26/h2,7-11,13-14,25,27H,3-6H2,1H3,(H2,20,22)/t13-,14-. The average Bonchev–Trinajstić information content (AvgIpc) is 3.25. The summed E-state index contributed by atoms with van der Waals surface area (Å²) in [6, 6.07) is 4.71. The summed E-state index contributed by atoms with van der Waals surface area (Å²) >= 11 is 0. The van der Waals surface area contributed by atoms with Crippen LogP contribution < -0.4 is 10.5 Å². The molecule has 0 atom stereocenters. The van der Waals surface area contributed by atoms with Gasteiger partial charge in [0.25, 0.3) is 0 Å². The molecule has 0 saturated heterocycles. The number of aryl methyl sites for hydroxylation is 1. The van der Waals surface area contributed by atoms with Crippen molar-refractivity contribution in [3.63, 3.8) is 0 Å². The third-order valence-corrected chi connectivity index (χ3v) is 6.75. The Labute approximate surface area is 174 Å². The van der Waals surface area contributed by atoms with Gasteiger partial charge in [-0.3, -0.25) is 0 Å². The van der Waals surface area contributed by atoms with Crippen molar-refractivity contribution in [2.75, 3.05) is 5.73 Å². The first-order chi connectivity index (χ1) is 14.3. The molecule has 1 aliphatic rings. The van der Waals surface area contributed by atoms with Gasteiger partial charge in [-0.05, 0) is 50.3 Å². The molecule has 30 heavy (non-hydrogen) atoms. The summed E-state index contributed by atoms with van der Waals surface area (Å²) in [6.45, 7) is 1.87. The van der Waals surface area contributed by atoms with Crippen LogP contribution in [0, 0.1) is 6.92 Å². The monoisotopic (exact) mass is 429 g/mol. The van der Waals surface area contributed by atoms with Gasteiger partial charge in [0.1, 0.15) is 12.7 Å². The summed E-state index contributed by atoms with van der Waals surface area (Å²) in [4.78, 5) is 12.7. The number of aromatic nitrogens is 5. The number of rotatable bonds is 5. The molecule has 0 radical (unpaired) electrons. The zero-order chi connectivity index (χ0) is 21.3. The zero-order valence-corrected chi connectivity index (χ0v) is 17.2. The van der Waals surface area contributed by atoms with E-state index < -0.39 is 10.0 Å². The Morgan fingerprint density at radius 1 is 1.23 bits per heavy atom. The Hall–Kier alpha value is -2.89. The highest BCUT2D eigenvalue weighted by atomic mass is 32.2. The van der Waals surface area contributed by atoms with Crippen LogP contribution in [0.4, 0.5) is 5.82 Å². The molecular formula is C19H23N7O3S. The second kappa shape index (κ2) is 8.09. The SMILES string of the molecule is Cc1ccc(S(=O)(=O)N[C@H]2CC[C@H](O)CC2)cc1-c1cnc(N)c(-n2cncn2)n1. The molecule has 0 bridgehead atoms. The van der Waals surface area contributed by atoms with Crippen molar-refractivity contribution in [2.24, 2.45) is 0 Å². The van der Waals surface area contributed by atoms with Crippen LogP contribution in [0.3, 0.4) is 0 Å². The van der Waals surface area contributed by atoms with Gasteiger partial charge in [-0.2, -0.15) is 9.78 Å². The summed E-state index contributed by atoms with van der Waals surface area (Å²) in [5.41, 5.74) is 7.88. The lowest BCUT2D eigenvalue weighted by Gasteiger charge is -2.26. The van der Waals surface area contributed by atoms with E-state index in [4.69, 9.17) is 5.73 Å². The Kier molecular flexibility index (Phi) is 5.50. The first-order valence-electron chi connectivity index (χ1n) is 9.62. The molecule has 2 heterocycles. The van der Waals surface area contributed by atoms with Gasteiger partial charge >= 0.3 is 0 Å². The van der Waals surface area contributed by atoms with E-state index in [0.717, 1.165) is 5.56 Å². The Morgan fingerprint density at radius 3 is 2.70 bits per heavy atom. The van der Waals surface area contributed by atoms with E-state index in [9.17, 15) is 13.5 Å². The fourth-order valence-corrected chi connectivity index (χ4v) is 4.86. The highest BCUT2D eigenvalue weighted by Gasteiger charge is 2.25. The quantitative estimate of drug-likeness (QED) is 0.548. The third kappa shape index (κ3) is 4.18. The molecule has 0 spiro atoms. The van der Waals surface area contributed by atoms with Gasteiger partial charge in [-0.25, -0.2) is 28.1 Å². The van der Waals surface area contributed by atoms with Crippen molar-refractivity contribution >= 4 is 15.8 Å². The van der Waals surface area contributed by atoms with E-state index in [-0.39, 0.29) is 22.9 Å². The van der Waals surface area contributed by atoms with Gasteiger partial charge in [-0.1, -0.05) is 6.07 Å². The molecule has 158 valence electrons. The molecule has 1 aliphatic carbocycles. The lowest BCUT2D eigenvalue weighted by Crippen LogP contribution is -2.38. The second-order valence-electron chi connectivity index (χ2n) is 7.41. The maximum atomic E-state index is 12.9. The molecular weight excluding hydrogens is 406 g/mol. The number of nitrogens with zero attached hydrogens (tertiary/aromatic N) is 5. The highest BCUT2D eigenvalue weighted by Crippen LogP contribution is 2.27. The molecule has 4 rings (SSSR count). The predicted molar refractivity (Wildman–Crippen MR) is 110 cm³/mol. The van der Waals surface area contributed by atoms with E-state index in [1.165, 1.54) is 23.5 Å². The summed E-state index contributed by atoms with van der Waals surface area (Å²) in [5, 5.41) is 13.7. The number of nitrogens with two attached hydrogens (primary N) is 1. The number of aliphatic hydroxyl groups excluding tert-OH is 1. The highest BCUT2D eigenvalue weighted by molar-refractivity contribution is 7.89. The largest absolute Gasteiger partial charge is 0.393 e. The van der Waals surface area contributed by atoms with Gasteiger partial charge in [-0.15, -0.1) is 0 Å². The van der Waals surface area contributed by atoms with Crippen LogP contribution in [-0.2, 0) is 10.0 Å². The van der Waals surface area contributed by atoms with E-state index in [2.05, 4.69) is 24.8 Å². The van der Waals surface area contributed by atoms with Gasteiger partial charge in [0.05, 0.1) is 22.9 Å². The van der Waals surface area contributed by atoms with Crippen LogP contribution >= 0.6 is 0 Å². The minimum atomic E-state index is -3.72. The van der Waals surface area contributed by atoms with Crippen molar-refractivity contribution in [3.8, 4) is 17.1 Å². The second-order valence-corrected chi connectivity index (χ2v) is 9.12. The molecule has 4 N–H and O–H groups in total. The lowest BCUT2D eigenvalue weighted by atomic mass is 9.94. The molecule has 2 aromatic heterocycles. The summed E-state index contributed by atoms with van der Waals surface area (Å²) < 4.78 is 30.0. The van der Waals surface area contributed by atoms with Crippen LogP contribution in [0.5, 0.6) is 0 Å². The van der Waals surface area contributed by atoms with Crippen molar-refractivity contribution in [1.29, 1.82) is 0 Å². The number of benzene rings is 1. The Balaban J connectivity index is 1.66. The number of sulfonamides is 1. The van der Waals surface area contributed by atoms with Gasteiger partial charge in [0, 0.05) is 11.6 Å². The lowest BCUT2D eigenvalue weighted by molar-refractivity contribution is 0.120. The third-order valence-electron chi connectivity index (χ3n) is 5.23. The molecule has 0 aliphatic heterocycles. The zero-order valence-electron chi connectivity index (χ0n) is 16.4. The molecule has 11 heteroatoms. The van der Waals surface area contributed by atoms with Gasteiger partial charge in [0.15, 0.2) is 11.6 Å². The number of aliphatic hydroxyl groups is 1. The van der Waals surface area contributed by atoms with Crippen LogP contribution in [0.25, 0.3) is 17.1 Å². The molecule has 3 aromatic rings. The van der Waals surface area contributed by atoms with E-state index in [1.807, 2.05) is 6.92 Å². The summed E-state index contributed by atoms with van der Waals surface area (Å²) in [7, 11) is -3.72. The van der Waals surface area contributed by atoms with Gasteiger partial charge < -0.3 is 10.8 Å². The van der Waals surface area contributed by atoms with Crippen molar-refractivity contribution in [1.82, 2.24) is 29.5 Å². The fourth-order valence-electron chi connectivity index (χ4n) is 3.53. The topological polar surface area (TPSA) is 149 Å². The summed E-state index contributed by atoms with van der Waals surface area (Å²) in [5.74, 6) is 0.503. The molecule has 1 fully saturated rings. The molecule has 0 amide bonds. The van der Waals surface area contributed by atoms with E-state index in [1.54, 1.807) is 18.2 Å². The first-order valence-corrected chi connectivity index (χ1v) is 11.1. The van der Waals surface area contributed by atoms with E-state index >= 15 is 0 Å². The first kappa shape index (κ1) is 20.4. The number of nitrogens with one attached hydrogen (secondary N) is 1. The minimum Gasteiger partial charge on any atom is -0.393 e. The minimum absolute atomic E-state index is 0.148. The van der Waals surface area contributed by atoms with Crippen molar-refractivity contribution < 1.29 is 13.5 Å². The van der Waals surface area contributed by atoms with Crippen LogP contribution in [0.15, 0.2) is 41.9 Å². The number of hydrogen-bond acceptors (Lipinski definition) is 8. The van der Waals surface area contributed by atoms with Crippen LogP contribution in [-0.4, -0.2) is 50.4 Å². The van der Waals surface area contributed by atoms with Crippen molar-refractivity contribution in [3.05, 3.63) is 42.6 Å². The Morgan fingerprint density at radius 2 is 2.00 bits per heavy atom. The number of anilines is 1. The average molecular weight is 430 g/mol. The Bertz CT molecular complexity index is 1140.